The fraction of sp³-hybridized carbons (Fsp3) is 0.407. The molecule has 4 rings (SSSR count). The van der Waals surface area contributed by atoms with Crippen molar-refractivity contribution in [2.45, 2.75) is 33.2 Å². The maximum absolute atomic E-state index is 13.7. The van der Waals surface area contributed by atoms with E-state index in [9.17, 15) is 9.59 Å². The standard InChI is InChI=1S/C27H33N5O2/c1-21(2)16-26(33)30-14-15-31(19-22(18-30)17-24-9-5-6-11-28-24)27(34)25-10-4-3-8-23(25)20-32-13-7-12-29-32/h3-13,21-22H,14-20H2,1-2H3. The first-order valence-corrected chi connectivity index (χ1v) is 12.0. The van der Waals surface area contributed by atoms with Crippen LogP contribution >= 0.6 is 0 Å². The summed E-state index contributed by atoms with van der Waals surface area (Å²) in [5.41, 5.74) is 2.61. The summed E-state index contributed by atoms with van der Waals surface area (Å²) in [5.74, 6) is 0.592. The molecule has 2 aromatic heterocycles. The van der Waals surface area contributed by atoms with Gasteiger partial charge in [0.15, 0.2) is 0 Å². The highest BCUT2D eigenvalue weighted by Gasteiger charge is 2.29. The molecule has 3 aromatic rings. The van der Waals surface area contributed by atoms with Crippen LogP contribution in [0, 0.1) is 11.8 Å². The highest BCUT2D eigenvalue weighted by Crippen LogP contribution is 2.20. The molecule has 1 saturated heterocycles. The molecular formula is C27H33N5O2. The predicted octanol–water partition coefficient (Wildman–Crippen LogP) is 3.52. The molecule has 1 unspecified atom stereocenters. The lowest BCUT2D eigenvalue weighted by molar-refractivity contribution is -0.132. The topological polar surface area (TPSA) is 71.3 Å². The molecule has 1 aliphatic rings. The third kappa shape index (κ3) is 6.10. The van der Waals surface area contributed by atoms with Gasteiger partial charge in [0.1, 0.15) is 0 Å². The number of carbonyl (C=O) groups is 2. The average molecular weight is 460 g/mol. The van der Waals surface area contributed by atoms with E-state index in [1.54, 1.807) is 12.4 Å². The van der Waals surface area contributed by atoms with E-state index in [0.717, 1.165) is 17.7 Å². The van der Waals surface area contributed by atoms with E-state index in [2.05, 4.69) is 23.9 Å². The van der Waals surface area contributed by atoms with Gasteiger partial charge in [0, 0.05) is 62.4 Å². The van der Waals surface area contributed by atoms with Gasteiger partial charge in [-0.05, 0) is 48.1 Å². The van der Waals surface area contributed by atoms with Crippen molar-refractivity contribution in [3.63, 3.8) is 0 Å². The first kappa shape index (κ1) is 23.7. The molecule has 7 nitrogen and oxygen atoms in total. The average Bonchev–Trinajstić information content (AvgIpc) is 3.24. The van der Waals surface area contributed by atoms with Gasteiger partial charge in [-0.25, -0.2) is 0 Å². The first-order chi connectivity index (χ1) is 16.5. The lowest BCUT2D eigenvalue weighted by Gasteiger charge is -2.25. The maximum atomic E-state index is 13.7. The molecule has 0 aliphatic carbocycles. The molecule has 0 radical (unpaired) electrons. The number of aromatic nitrogens is 3. The number of hydrogen-bond donors (Lipinski definition) is 0. The molecule has 1 atom stereocenters. The molecule has 1 aromatic carbocycles. The second-order valence-electron chi connectivity index (χ2n) is 9.44. The van der Waals surface area contributed by atoms with Crippen molar-refractivity contribution in [2.24, 2.45) is 11.8 Å². The highest BCUT2D eigenvalue weighted by atomic mass is 16.2. The second-order valence-corrected chi connectivity index (χ2v) is 9.44. The number of hydrogen-bond acceptors (Lipinski definition) is 4. The van der Waals surface area contributed by atoms with E-state index in [-0.39, 0.29) is 17.7 Å². The largest absolute Gasteiger partial charge is 0.341 e. The van der Waals surface area contributed by atoms with Crippen molar-refractivity contribution in [3.8, 4) is 0 Å². The van der Waals surface area contributed by atoms with Gasteiger partial charge >= 0.3 is 0 Å². The zero-order valence-electron chi connectivity index (χ0n) is 20.0. The Bertz CT molecular complexity index is 1080. The van der Waals surface area contributed by atoms with Crippen LogP contribution in [0.25, 0.3) is 0 Å². The van der Waals surface area contributed by atoms with E-state index in [1.807, 2.05) is 69.2 Å². The summed E-state index contributed by atoms with van der Waals surface area (Å²) in [4.78, 5) is 35.0. The Hall–Kier alpha value is -3.48. The number of nitrogens with zero attached hydrogens (tertiary/aromatic N) is 5. The molecule has 178 valence electrons. The van der Waals surface area contributed by atoms with Crippen LogP contribution in [0.5, 0.6) is 0 Å². The van der Waals surface area contributed by atoms with Crippen LogP contribution in [0.15, 0.2) is 67.1 Å². The third-order valence-electron chi connectivity index (χ3n) is 6.18. The van der Waals surface area contributed by atoms with E-state index in [1.165, 1.54) is 0 Å². The summed E-state index contributed by atoms with van der Waals surface area (Å²) in [6.45, 7) is 6.98. The third-order valence-corrected chi connectivity index (χ3v) is 6.18. The first-order valence-electron chi connectivity index (χ1n) is 12.0. The van der Waals surface area contributed by atoms with Crippen molar-refractivity contribution in [1.82, 2.24) is 24.6 Å². The van der Waals surface area contributed by atoms with Crippen LogP contribution in [0.3, 0.4) is 0 Å². The Balaban J connectivity index is 1.56. The molecule has 0 saturated carbocycles. The van der Waals surface area contributed by atoms with Crippen molar-refractivity contribution >= 4 is 11.8 Å². The summed E-state index contributed by atoms with van der Waals surface area (Å²) >= 11 is 0. The maximum Gasteiger partial charge on any atom is 0.254 e. The SMILES string of the molecule is CC(C)CC(=O)N1CCN(C(=O)c2ccccc2Cn2cccn2)CC(Cc2ccccn2)C1. The van der Waals surface area contributed by atoms with Gasteiger partial charge in [0.05, 0.1) is 6.54 Å². The minimum Gasteiger partial charge on any atom is -0.341 e. The quantitative estimate of drug-likeness (QED) is 0.542. The van der Waals surface area contributed by atoms with Crippen LogP contribution in [0.2, 0.25) is 0 Å². The summed E-state index contributed by atoms with van der Waals surface area (Å²) in [6, 6.07) is 15.5. The van der Waals surface area contributed by atoms with Gasteiger partial charge in [-0.15, -0.1) is 0 Å². The number of carbonyl (C=O) groups excluding carboxylic acids is 2. The van der Waals surface area contributed by atoms with Crippen molar-refractivity contribution < 1.29 is 9.59 Å². The molecule has 0 spiro atoms. The molecule has 34 heavy (non-hydrogen) atoms. The highest BCUT2D eigenvalue weighted by molar-refractivity contribution is 5.95. The molecule has 7 heteroatoms. The molecule has 1 fully saturated rings. The van der Waals surface area contributed by atoms with Gasteiger partial charge < -0.3 is 9.80 Å². The van der Waals surface area contributed by atoms with Crippen LogP contribution in [0.4, 0.5) is 0 Å². The van der Waals surface area contributed by atoms with Crippen LogP contribution < -0.4 is 0 Å². The molecule has 0 N–H and O–H groups in total. The molecule has 0 bridgehead atoms. The summed E-state index contributed by atoms with van der Waals surface area (Å²) in [6.07, 6.45) is 6.68. The zero-order chi connectivity index (χ0) is 23.9. The number of pyridine rings is 1. The van der Waals surface area contributed by atoms with Crippen LogP contribution in [0.1, 0.15) is 41.9 Å². The van der Waals surface area contributed by atoms with Gasteiger partial charge in [-0.1, -0.05) is 38.1 Å². The Kier molecular flexibility index (Phi) is 7.72. The van der Waals surface area contributed by atoms with Crippen LogP contribution in [-0.4, -0.2) is 62.6 Å². The predicted molar refractivity (Wildman–Crippen MR) is 131 cm³/mol. The van der Waals surface area contributed by atoms with Gasteiger partial charge in [-0.2, -0.15) is 5.10 Å². The minimum atomic E-state index is 0.00642. The van der Waals surface area contributed by atoms with Crippen LogP contribution in [-0.2, 0) is 17.8 Å². The van der Waals surface area contributed by atoms with Crippen molar-refractivity contribution in [3.05, 3.63) is 83.9 Å². The summed E-state index contributed by atoms with van der Waals surface area (Å²) in [5, 5.41) is 4.29. The molecule has 1 aliphatic heterocycles. The normalized spacial score (nSPS) is 16.5. The Morgan fingerprint density at radius 2 is 1.74 bits per heavy atom. The Morgan fingerprint density at radius 1 is 0.971 bits per heavy atom. The zero-order valence-corrected chi connectivity index (χ0v) is 20.0. The molecular weight excluding hydrogens is 426 g/mol. The smallest absolute Gasteiger partial charge is 0.254 e. The van der Waals surface area contributed by atoms with Crippen molar-refractivity contribution in [2.75, 3.05) is 26.2 Å². The Morgan fingerprint density at radius 3 is 2.47 bits per heavy atom. The second kappa shape index (κ2) is 11.1. The number of amides is 2. The van der Waals surface area contributed by atoms with E-state index < -0.39 is 0 Å². The Labute approximate surface area is 201 Å². The monoisotopic (exact) mass is 459 g/mol. The summed E-state index contributed by atoms with van der Waals surface area (Å²) < 4.78 is 1.82. The number of benzene rings is 1. The fourth-order valence-corrected chi connectivity index (χ4v) is 4.54. The lowest BCUT2D eigenvalue weighted by Crippen LogP contribution is -2.38. The van der Waals surface area contributed by atoms with E-state index in [0.29, 0.717) is 50.6 Å². The van der Waals surface area contributed by atoms with Crippen molar-refractivity contribution in [1.29, 1.82) is 0 Å². The van der Waals surface area contributed by atoms with E-state index >= 15 is 0 Å². The summed E-state index contributed by atoms with van der Waals surface area (Å²) in [7, 11) is 0. The van der Waals surface area contributed by atoms with Gasteiger partial charge in [0.2, 0.25) is 5.91 Å². The van der Waals surface area contributed by atoms with Gasteiger partial charge in [-0.3, -0.25) is 19.3 Å². The van der Waals surface area contributed by atoms with E-state index in [4.69, 9.17) is 0 Å². The lowest BCUT2D eigenvalue weighted by atomic mass is 10.00. The fourth-order valence-electron chi connectivity index (χ4n) is 4.54. The van der Waals surface area contributed by atoms with Gasteiger partial charge in [0.25, 0.3) is 5.91 Å². The molecule has 2 amide bonds. The minimum absolute atomic E-state index is 0.00642. The number of rotatable bonds is 7. The molecule has 3 heterocycles.